The summed E-state index contributed by atoms with van der Waals surface area (Å²) >= 11 is 0. The van der Waals surface area contributed by atoms with Gasteiger partial charge in [0.15, 0.2) is 11.5 Å². The van der Waals surface area contributed by atoms with E-state index in [0.29, 0.717) is 11.3 Å². The number of carbonyl (C=O) groups excluding carboxylic acids is 3. The number of amides is 1. The van der Waals surface area contributed by atoms with Gasteiger partial charge in [-0.2, -0.15) is 0 Å². The summed E-state index contributed by atoms with van der Waals surface area (Å²) in [6, 6.07) is 3.16. The first-order valence-corrected chi connectivity index (χ1v) is 11.9. The summed E-state index contributed by atoms with van der Waals surface area (Å²) in [4.78, 5) is 41.1. The number of esters is 2. The molecule has 1 amide bonds. The molecule has 4 atom stereocenters. The molecule has 0 radical (unpaired) electrons. The van der Waals surface area contributed by atoms with Gasteiger partial charge in [0.2, 0.25) is 5.76 Å². The summed E-state index contributed by atoms with van der Waals surface area (Å²) in [5.41, 5.74) is 0.368. The molecular weight excluding hydrogens is 483 g/mol. The summed E-state index contributed by atoms with van der Waals surface area (Å²) in [6.07, 6.45) is 1.62. The topological polar surface area (TPSA) is 113 Å². The van der Waals surface area contributed by atoms with Gasteiger partial charge in [-0.3, -0.25) is 14.6 Å². The minimum absolute atomic E-state index is 0.0612. The Morgan fingerprint density at radius 1 is 1.19 bits per heavy atom. The maximum atomic E-state index is 13.8. The molecule has 1 unspecified atom stereocenters. The van der Waals surface area contributed by atoms with E-state index in [1.807, 2.05) is 13.8 Å². The number of hydrogen-bond acceptors (Lipinski definition) is 8. The minimum Gasteiger partial charge on any atom is -0.496 e. The quantitative estimate of drug-likeness (QED) is 0.135. The van der Waals surface area contributed by atoms with Gasteiger partial charge in [0.05, 0.1) is 14.2 Å². The van der Waals surface area contributed by atoms with E-state index in [0.717, 1.165) is 13.3 Å². The Bertz CT molecular complexity index is 1050. The zero-order chi connectivity index (χ0) is 28.3. The van der Waals surface area contributed by atoms with Gasteiger partial charge in [-0.15, -0.1) is 0 Å². The number of hydrogen-bond donors (Lipinski definition) is 1. The predicted molar refractivity (Wildman–Crippen MR) is 137 cm³/mol. The highest BCUT2D eigenvalue weighted by Gasteiger charge is 2.32. The van der Waals surface area contributed by atoms with Crippen LogP contribution in [0.3, 0.4) is 0 Å². The maximum Gasteiger partial charge on any atom is 0.328 e. The molecule has 1 N–H and O–H groups in total. The van der Waals surface area contributed by atoms with Crippen LogP contribution in [-0.4, -0.2) is 50.9 Å². The lowest BCUT2D eigenvalue weighted by molar-refractivity contribution is -0.153. The number of halogens is 1. The van der Waals surface area contributed by atoms with Crippen molar-refractivity contribution in [3.63, 3.8) is 0 Å². The van der Waals surface area contributed by atoms with E-state index in [1.165, 1.54) is 39.4 Å². The lowest BCUT2D eigenvalue weighted by Gasteiger charge is -2.31. The predicted octanol–water partition coefficient (Wildman–Crippen LogP) is 4.43. The van der Waals surface area contributed by atoms with Gasteiger partial charge in [-0.05, 0) is 45.5 Å². The Hall–Kier alpha value is -3.69. The summed E-state index contributed by atoms with van der Waals surface area (Å²) in [5, 5.41) is 2.49. The second-order valence-electron chi connectivity index (χ2n) is 8.42. The van der Waals surface area contributed by atoms with Crippen LogP contribution in [0, 0.1) is 11.7 Å². The normalized spacial score (nSPS) is 15.3. The average Bonchev–Trinajstić information content (AvgIpc) is 2.85. The van der Waals surface area contributed by atoms with Crippen molar-refractivity contribution in [2.45, 2.75) is 66.0 Å². The minimum atomic E-state index is -1.09. The van der Waals surface area contributed by atoms with Gasteiger partial charge in [0.25, 0.3) is 5.91 Å². The summed E-state index contributed by atoms with van der Waals surface area (Å²) < 4.78 is 35.2. The van der Waals surface area contributed by atoms with Crippen molar-refractivity contribution in [2.75, 3.05) is 14.2 Å². The van der Waals surface area contributed by atoms with Crippen LogP contribution in [0.1, 0.15) is 59.4 Å². The van der Waals surface area contributed by atoms with E-state index in [2.05, 4.69) is 17.0 Å². The second kappa shape index (κ2) is 14.8. The number of carbonyl (C=O) groups is 3. The zero-order valence-corrected chi connectivity index (χ0v) is 22.7. The third-order valence-electron chi connectivity index (χ3n) is 5.86. The monoisotopic (exact) mass is 520 g/mol. The molecule has 0 spiro atoms. The van der Waals surface area contributed by atoms with Gasteiger partial charge < -0.3 is 24.3 Å². The molecule has 0 heterocycles. The van der Waals surface area contributed by atoms with Crippen molar-refractivity contribution in [3.8, 4) is 5.75 Å². The fourth-order valence-corrected chi connectivity index (χ4v) is 3.87. The van der Waals surface area contributed by atoms with Gasteiger partial charge in [-0.25, -0.2) is 9.18 Å². The molecule has 1 aromatic carbocycles. The summed E-state index contributed by atoms with van der Waals surface area (Å²) in [5.74, 6) is -2.69. The van der Waals surface area contributed by atoms with Crippen LogP contribution in [0.25, 0.3) is 0 Å². The van der Waals surface area contributed by atoms with Crippen LogP contribution in [0.15, 0.2) is 46.5 Å². The number of ether oxygens (including phenoxy) is 4. The molecule has 1 aromatic rings. The Morgan fingerprint density at radius 2 is 1.84 bits per heavy atom. The van der Waals surface area contributed by atoms with E-state index < -0.39 is 35.8 Å². The average molecular weight is 521 g/mol. The molecule has 0 fully saturated rings. The Kier molecular flexibility index (Phi) is 12.5. The number of allylic oxidation sites excluding steroid dienone is 1. The largest absolute Gasteiger partial charge is 0.496 e. The van der Waals surface area contributed by atoms with E-state index in [4.69, 9.17) is 18.9 Å². The maximum absolute atomic E-state index is 13.8. The van der Waals surface area contributed by atoms with E-state index in [-0.39, 0.29) is 29.1 Å². The molecule has 0 aliphatic carbocycles. The Balaban J connectivity index is 3.19. The van der Waals surface area contributed by atoms with E-state index in [9.17, 15) is 18.8 Å². The molecular formula is C27H37FN2O7. The van der Waals surface area contributed by atoms with Crippen LogP contribution < -0.4 is 10.1 Å². The van der Waals surface area contributed by atoms with Gasteiger partial charge in [0.1, 0.15) is 23.7 Å². The standard InChI is InChI=1S/C27H37FN2O7/c1-10-15(3)23(20-13-12-19(28)14-22(20)35-9)17(5)36-27(33)16(4)30-26(32)24(29-7)25(37-18(6)31)21(11-2)34-8/h11-17,23H,7,10H2,1-6,8-9H3,(H,30,32)/b21-11+,25-24+/t15?,16-,17-,23+/m0/s1. The molecule has 1 rings (SSSR count). The molecule has 10 heteroatoms. The fourth-order valence-electron chi connectivity index (χ4n) is 3.87. The highest BCUT2D eigenvalue weighted by atomic mass is 19.1. The molecule has 0 saturated heterocycles. The lowest BCUT2D eigenvalue weighted by Crippen LogP contribution is -2.42. The number of aliphatic imine (C=N–C) groups is 1. The second-order valence-corrected chi connectivity index (χ2v) is 8.42. The van der Waals surface area contributed by atoms with Crippen LogP contribution in [-0.2, 0) is 28.6 Å². The number of benzene rings is 1. The highest BCUT2D eigenvalue weighted by molar-refractivity contribution is 5.97. The first kappa shape index (κ1) is 31.3. The fraction of sp³-hybridized carbons (Fsp3) is 0.481. The molecule has 0 bridgehead atoms. The molecule has 0 aliphatic heterocycles. The molecule has 0 aromatic heterocycles. The number of nitrogens with zero attached hydrogens (tertiary/aromatic N) is 1. The third kappa shape index (κ3) is 8.44. The smallest absolute Gasteiger partial charge is 0.328 e. The van der Waals surface area contributed by atoms with Crippen LogP contribution >= 0.6 is 0 Å². The molecule has 37 heavy (non-hydrogen) atoms. The molecule has 9 nitrogen and oxygen atoms in total. The van der Waals surface area contributed by atoms with Crippen molar-refractivity contribution in [2.24, 2.45) is 10.9 Å². The van der Waals surface area contributed by atoms with Crippen molar-refractivity contribution >= 4 is 24.6 Å². The summed E-state index contributed by atoms with van der Waals surface area (Å²) in [6.45, 7) is 13.3. The van der Waals surface area contributed by atoms with Gasteiger partial charge in [-0.1, -0.05) is 26.3 Å². The van der Waals surface area contributed by atoms with Crippen molar-refractivity contribution in [1.82, 2.24) is 5.32 Å². The lowest BCUT2D eigenvalue weighted by atomic mass is 9.81. The van der Waals surface area contributed by atoms with E-state index in [1.54, 1.807) is 19.9 Å². The summed E-state index contributed by atoms with van der Waals surface area (Å²) in [7, 11) is 2.79. The van der Waals surface area contributed by atoms with Crippen molar-refractivity contribution < 1.29 is 37.7 Å². The van der Waals surface area contributed by atoms with Crippen LogP contribution in [0.4, 0.5) is 4.39 Å². The Morgan fingerprint density at radius 3 is 2.32 bits per heavy atom. The van der Waals surface area contributed by atoms with Crippen molar-refractivity contribution in [1.29, 1.82) is 0 Å². The molecule has 0 saturated carbocycles. The Labute approximate surface area is 217 Å². The molecule has 204 valence electrons. The van der Waals surface area contributed by atoms with E-state index >= 15 is 0 Å². The zero-order valence-electron chi connectivity index (χ0n) is 22.7. The third-order valence-corrected chi connectivity index (χ3v) is 5.86. The van der Waals surface area contributed by atoms with Crippen LogP contribution in [0.5, 0.6) is 5.75 Å². The number of rotatable bonds is 13. The highest BCUT2D eigenvalue weighted by Crippen LogP contribution is 2.37. The van der Waals surface area contributed by atoms with Crippen molar-refractivity contribution in [3.05, 3.63) is 52.9 Å². The first-order chi connectivity index (χ1) is 17.4. The van der Waals surface area contributed by atoms with Gasteiger partial charge in [0, 0.05) is 24.5 Å². The number of methoxy groups -OCH3 is 2. The number of nitrogens with one attached hydrogen (secondary N) is 1. The molecule has 0 aliphatic rings. The van der Waals surface area contributed by atoms with Gasteiger partial charge >= 0.3 is 11.9 Å². The first-order valence-electron chi connectivity index (χ1n) is 11.9. The van der Waals surface area contributed by atoms with Crippen LogP contribution in [0.2, 0.25) is 0 Å². The SMILES string of the molecule is C=N/C(C(=O)N[C@@H](C)C(=O)O[C@@H](C)[C@H](c1ccc(F)cc1OC)C(C)CC)=C(OC(C)=O)\C(=C/C)OC.